The van der Waals surface area contributed by atoms with Gasteiger partial charge in [-0.05, 0) is 62.1 Å². The van der Waals surface area contributed by atoms with Crippen molar-refractivity contribution in [3.8, 4) is 0 Å². The summed E-state index contributed by atoms with van der Waals surface area (Å²) in [5.74, 6) is 1.19. The summed E-state index contributed by atoms with van der Waals surface area (Å²) in [6, 6.07) is 7.41. The van der Waals surface area contributed by atoms with Crippen LogP contribution in [-0.2, 0) is 6.42 Å². The SMILES string of the molecule is Cc1ccc2c(c1)C(NCC1CCCCC1CO)CC2. The molecule has 1 saturated carbocycles. The molecule has 0 heterocycles. The Morgan fingerprint density at radius 2 is 1.95 bits per heavy atom. The summed E-state index contributed by atoms with van der Waals surface area (Å²) in [6.07, 6.45) is 7.57. The van der Waals surface area contributed by atoms with Crippen molar-refractivity contribution in [3.05, 3.63) is 34.9 Å². The third-order valence-electron chi connectivity index (χ3n) is 5.31. The molecule has 0 aromatic heterocycles. The quantitative estimate of drug-likeness (QED) is 0.881. The van der Waals surface area contributed by atoms with Crippen LogP contribution in [-0.4, -0.2) is 18.3 Å². The van der Waals surface area contributed by atoms with E-state index in [2.05, 4.69) is 30.4 Å². The standard InChI is InChI=1S/C18H27NO/c1-13-6-7-14-8-9-18(17(14)10-13)19-11-15-4-2-3-5-16(15)12-20/h6-7,10,15-16,18-20H,2-5,8-9,11-12H2,1H3. The monoisotopic (exact) mass is 273 g/mol. The lowest BCUT2D eigenvalue weighted by molar-refractivity contribution is 0.131. The summed E-state index contributed by atoms with van der Waals surface area (Å²) in [4.78, 5) is 0. The Kier molecular flexibility index (Phi) is 4.42. The Hall–Kier alpha value is -0.860. The average molecular weight is 273 g/mol. The first-order valence-corrected chi connectivity index (χ1v) is 8.21. The second kappa shape index (κ2) is 6.28. The Bertz CT molecular complexity index is 457. The van der Waals surface area contributed by atoms with E-state index in [-0.39, 0.29) is 0 Å². The van der Waals surface area contributed by atoms with Crippen molar-refractivity contribution in [3.63, 3.8) is 0 Å². The number of benzene rings is 1. The lowest BCUT2D eigenvalue weighted by Gasteiger charge is -2.31. The van der Waals surface area contributed by atoms with Gasteiger partial charge >= 0.3 is 0 Å². The summed E-state index contributed by atoms with van der Waals surface area (Å²) in [7, 11) is 0. The van der Waals surface area contributed by atoms with Crippen molar-refractivity contribution in [2.45, 2.75) is 51.5 Å². The fourth-order valence-electron chi connectivity index (χ4n) is 4.02. The Balaban J connectivity index is 1.61. The third-order valence-corrected chi connectivity index (χ3v) is 5.31. The van der Waals surface area contributed by atoms with Gasteiger partial charge in [-0.2, -0.15) is 0 Å². The first-order chi connectivity index (χ1) is 9.78. The molecule has 0 aliphatic heterocycles. The van der Waals surface area contributed by atoms with Crippen molar-refractivity contribution in [1.82, 2.24) is 5.32 Å². The molecule has 3 unspecified atom stereocenters. The highest BCUT2D eigenvalue weighted by molar-refractivity contribution is 5.37. The van der Waals surface area contributed by atoms with Gasteiger partial charge in [0.1, 0.15) is 0 Å². The lowest BCUT2D eigenvalue weighted by atomic mass is 9.79. The molecule has 0 saturated heterocycles. The van der Waals surface area contributed by atoms with Crippen LogP contribution < -0.4 is 5.32 Å². The van der Waals surface area contributed by atoms with Crippen LogP contribution in [0.15, 0.2) is 18.2 Å². The molecule has 3 atom stereocenters. The van der Waals surface area contributed by atoms with E-state index in [1.807, 2.05) is 0 Å². The predicted molar refractivity (Wildman–Crippen MR) is 82.8 cm³/mol. The van der Waals surface area contributed by atoms with E-state index in [0.717, 1.165) is 6.54 Å². The molecule has 2 nitrogen and oxygen atoms in total. The van der Waals surface area contributed by atoms with Gasteiger partial charge in [0.05, 0.1) is 0 Å². The molecule has 20 heavy (non-hydrogen) atoms. The van der Waals surface area contributed by atoms with Crippen LogP contribution in [0.4, 0.5) is 0 Å². The fraction of sp³-hybridized carbons (Fsp3) is 0.667. The van der Waals surface area contributed by atoms with E-state index in [1.54, 1.807) is 0 Å². The van der Waals surface area contributed by atoms with Crippen LogP contribution in [0, 0.1) is 18.8 Å². The van der Waals surface area contributed by atoms with Crippen LogP contribution in [0.3, 0.4) is 0 Å². The maximum Gasteiger partial charge on any atom is 0.0462 e. The molecule has 2 N–H and O–H groups in total. The molecule has 0 radical (unpaired) electrons. The number of aliphatic hydroxyl groups excluding tert-OH is 1. The minimum absolute atomic E-state index is 0.368. The van der Waals surface area contributed by atoms with Crippen LogP contribution >= 0.6 is 0 Å². The minimum Gasteiger partial charge on any atom is -0.396 e. The van der Waals surface area contributed by atoms with E-state index in [9.17, 15) is 5.11 Å². The zero-order valence-corrected chi connectivity index (χ0v) is 12.6. The van der Waals surface area contributed by atoms with E-state index < -0.39 is 0 Å². The van der Waals surface area contributed by atoms with Gasteiger partial charge in [0, 0.05) is 12.6 Å². The van der Waals surface area contributed by atoms with Gasteiger partial charge in [0.15, 0.2) is 0 Å². The van der Waals surface area contributed by atoms with Crippen LogP contribution in [0.2, 0.25) is 0 Å². The van der Waals surface area contributed by atoms with Gasteiger partial charge in [-0.3, -0.25) is 0 Å². The molecule has 2 aliphatic rings. The third kappa shape index (κ3) is 2.91. The van der Waals surface area contributed by atoms with Gasteiger partial charge in [0.2, 0.25) is 0 Å². The molecule has 0 amide bonds. The zero-order chi connectivity index (χ0) is 13.9. The van der Waals surface area contributed by atoms with Crippen molar-refractivity contribution in [2.75, 3.05) is 13.2 Å². The maximum atomic E-state index is 9.52. The van der Waals surface area contributed by atoms with Gasteiger partial charge in [-0.1, -0.05) is 36.6 Å². The van der Waals surface area contributed by atoms with E-state index >= 15 is 0 Å². The van der Waals surface area contributed by atoms with Crippen molar-refractivity contribution < 1.29 is 5.11 Å². The molecule has 1 fully saturated rings. The zero-order valence-electron chi connectivity index (χ0n) is 12.6. The van der Waals surface area contributed by atoms with Gasteiger partial charge < -0.3 is 10.4 Å². The number of hydrogen-bond donors (Lipinski definition) is 2. The van der Waals surface area contributed by atoms with Crippen molar-refractivity contribution in [2.24, 2.45) is 11.8 Å². The molecule has 0 spiro atoms. The summed E-state index contributed by atoms with van der Waals surface area (Å²) < 4.78 is 0. The fourth-order valence-corrected chi connectivity index (χ4v) is 4.02. The molecule has 0 bridgehead atoms. The normalized spacial score (nSPS) is 29.4. The first-order valence-electron chi connectivity index (χ1n) is 8.21. The first kappa shape index (κ1) is 14.1. The number of rotatable bonds is 4. The molecule has 1 aromatic rings. The number of aliphatic hydroxyl groups is 1. The van der Waals surface area contributed by atoms with E-state index in [0.29, 0.717) is 24.5 Å². The summed E-state index contributed by atoms with van der Waals surface area (Å²) >= 11 is 0. The predicted octanol–water partition coefficient (Wildman–Crippen LogP) is 3.37. The van der Waals surface area contributed by atoms with E-state index in [4.69, 9.17) is 0 Å². The highest BCUT2D eigenvalue weighted by Crippen LogP contribution is 2.34. The number of hydrogen-bond acceptors (Lipinski definition) is 2. The largest absolute Gasteiger partial charge is 0.396 e. The number of fused-ring (bicyclic) bond motifs is 1. The van der Waals surface area contributed by atoms with Gasteiger partial charge in [-0.25, -0.2) is 0 Å². The summed E-state index contributed by atoms with van der Waals surface area (Å²) in [5, 5.41) is 13.3. The second-order valence-corrected chi connectivity index (χ2v) is 6.69. The smallest absolute Gasteiger partial charge is 0.0462 e. The number of aryl methyl sites for hydroxylation is 2. The average Bonchev–Trinajstić information content (AvgIpc) is 2.87. The van der Waals surface area contributed by atoms with Crippen molar-refractivity contribution in [1.29, 1.82) is 0 Å². The summed E-state index contributed by atoms with van der Waals surface area (Å²) in [5.41, 5.74) is 4.40. The molecule has 3 rings (SSSR count). The minimum atomic E-state index is 0.368. The topological polar surface area (TPSA) is 32.3 Å². The summed E-state index contributed by atoms with van der Waals surface area (Å²) in [6.45, 7) is 3.62. The number of nitrogens with one attached hydrogen (secondary N) is 1. The Morgan fingerprint density at radius 1 is 1.15 bits per heavy atom. The van der Waals surface area contributed by atoms with Gasteiger partial charge in [0.25, 0.3) is 0 Å². The molecule has 2 aliphatic carbocycles. The lowest BCUT2D eigenvalue weighted by Crippen LogP contribution is -2.33. The molecule has 110 valence electrons. The van der Waals surface area contributed by atoms with Crippen LogP contribution in [0.25, 0.3) is 0 Å². The molecular weight excluding hydrogens is 246 g/mol. The maximum absolute atomic E-state index is 9.52. The Labute approximate surface area is 122 Å². The molecule has 1 aromatic carbocycles. The molecule has 2 heteroatoms. The van der Waals surface area contributed by atoms with Gasteiger partial charge in [-0.15, -0.1) is 0 Å². The highest BCUT2D eigenvalue weighted by atomic mass is 16.3. The van der Waals surface area contributed by atoms with Crippen molar-refractivity contribution >= 4 is 0 Å². The van der Waals surface area contributed by atoms with Crippen LogP contribution in [0.5, 0.6) is 0 Å². The Morgan fingerprint density at radius 3 is 2.75 bits per heavy atom. The second-order valence-electron chi connectivity index (χ2n) is 6.69. The highest BCUT2D eigenvalue weighted by Gasteiger charge is 2.27. The van der Waals surface area contributed by atoms with Crippen LogP contribution in [0.1, 0.15) is 54.8 Å². The van der Waals surface area contributed by atoms with E-state index in [1.165, 1.54) is 55.2 Å². The molecular formula is C18H27NO.